The van der Waals surface area contributed by atoms with Gasteiger partial charge in [0.15, 0.2) is 0 Å². The van der Waals surface area contributed by atoms with E-state index in [-0.39, 0.29) is 0 Å². The average molecular weight is 240 g/mol. The van der Waals surface area contributed by atoms with E-state index in [1.54, 1.807) is 0 Å². The van der Waals surface area contributed by atoms with E-state index in [1.165, 1.54) is 18.4 Å². The van der Waals surface area contributed by atoms with Crippen molar-refractivity contribution in [2.45, 2.75) is 39.2 Å². The van der Waals surface area contributed by atoms with E-state index >= 15 is 0 Å². The highest BCUT2D eigenvalue weighted by Gasteiger charge is 2.16. The Morgan fingerprint density at radius 2 is 1.69 bits per heavy atom. The first-order valence-corrected chi connectivity index (χ1v) is 6.50. The largest absolute Gasteiger partial charge is 0.316 e. The van der Waals surface area contributed by atoms with Crippen LogP contribution in [0.2, 0.25) is 5.02 Å². The number of likely N-dealkylation sites (N-methyl/N-ethyl adjacent to an activating group) is 1. The average Bonchev–Trinajstić information content (AvgIpc) is 2.32. The lowest BCUT2D eigenvalue weighted by Crippen LogP contribution is -2.35. The minimum absolute atomic E-state index is 0.566. The monoisotopic (exact) mass is 239 g/mol. The van der Waals surface area contributed by atoms with Crippen molar-refractivity contribution in [3.63, 3.8) is 0 Å². The number of hydrogen-bond donors (Lipinski definition) is 1. The van der Waals surface area contributed by atoms with E-state index in [4.69, 9.17) is 11.6 Å². The Labute approximate surface area is 104 Å². The molecule has 0 radical (unpaired) electrons. The summed E-state index contributed by atoms with van der Waals surface area (Å²) in [5.74, 6) is 0.751. The minimum atomic E-state index is 0.566. The first kappa shape index (κ1) is 13.5. The van der Waals surface area contributed by atoms with Crippen molar-refractivity contribution in [2.24, 2.45) is 5.92 Å². The van der Waals surface area contributed by atoms with Crippen molar-refractivity contribution >= 4 is 11.6 Å². The quantitative estimate of drug-likeness (QED) is 0.794. The summed E-state index contributed by atoms with van der Waals surface area (Å²) < 4.78 is 0. The molecule has 1 aromatic rings. The Hall–Kier alpha value is -0.530. The van der Waals surface area contributed by atoms with Crippen molar-refractivity contribution in [3.05, 3.63) is 34.9 Å². The Morgan fingerprint density at radius 1 is 1.12 bits per heavy atom. The van der Waals surface area contributed by atoms with Gasteiger partial charge in [0.05, 0.1) is 0 Å². The lowest BCUT2D eigenvalue weighted by Gasteiger charge is -2.25. The fraction of sp³-hybridized carbons (Fsp3) is 0.571. The van der Waals surface area contributed by atoms with Gasteiger partial charge in [-0.05, 0) is 37.1 Å². The maximum Gasteiger partial charge on any atom is 0.0406 e. The van der Waals surface area contributed by atoms with Gasteiger partial charge in [-0.2, -0.15) is 0 Å². The summed E-state index contributed by atoms with van der Waals surface area (Å²) in [5.41, 5.74) is 1.36. The lowest BCUT2D eigenvalue weighted by molar-refractivity contribution is 0.349. The molecule has 0 aliphatic carbocycles. The topological polar surface area (TPSA) is 12.0 Å². The van der Waals surface area contributed by atoms with E-state index in [1.807, 2.05) is 12.1 Å². The predicted molar refractivity (Wildman–Crippen MR) is 72.1 cm³/mol. The van der Waals surface area contributed by atoms with Gasteiger partial charge in [-0.15, -0.1) is 0 Å². The van der Waals surface area contributed by atoms with Crippen LogP contribution >= 0.6 is 11.6 Å². The Kier molecular flexibility index (Phi) is 5.86. The molecule has 0 spiro atoms. The van der Waals surface area contributed by atoms with Crippen molar-refractivity contribution in [1.82, 2.24) is 5.32 Å². The summed E-state index contributed by atoms with van der Waals surface area (Å²) >= 11 is 5.88. The molecule has 0 amide bonds. The first-order valence-electron chi connectivity index (χ1n) is 6.12. The number of hydrogen-bond acceptors (Lipinski definition) is 1. The third-order valence-corrected chi connectivity index (χ3v) is 3.61. The number of halogens is 1. The van der Waals surface area contributed by atoms with Crippen molar-refractivity contribution in [1.29, 1.82) is 0 Å². The van der Waals surface area contributed by atoms with Gasteiger partial charge in [0.1, 0.15) is 0 Å². The molecule has 1 atom stereocenters. The fourth-order valence-electron chi connectivity index (χ4n) is 2.24. The SMILES string of the molecule is CCC(CC)C(Cc1ccc(Cl)cc1)NC. The molecule has 0 aliphatic rings. The van der Waals surface area contributed by atoms with Gasteiger partial charge < -0.3 is 5.32 Å². The maximum atomic E-state index is 5.88. The normalized spacial score (nSPS) is 13.1. The molecule has 1 aromatic carbocycles. The third kappa shape index (κ3) is 3.80. The Morgan fingerprint density at radius 3 is 2.12 bits per heavy atom. The van der Waals surface area contributed by atoms with Crippen LogP contribution < -0.4 is 5.32 Å². The van der Waals surface area contributed by atoms with Gasteiger partial charge in [0, 0.05) is 11.1 Å². The lowest BCUT2D eigenvalue weighted by atomic mass is 9.89. The maximum absolute atomic E-state index is 5.88. The molecule has 0 aliphatic heterocycles. The highest BCUT2D eigenvalue weighted by molar-refractivity contribution is 6.30. The van der Waals surface area contributed by atoms with Gasteiger partial charge in [0.2, 0.25) is 0 Å². The van der Waals surface area contributed by atoms with Crippen LogP contribution in [0.1, 0.15) is 32.3 Å². The first-order chi connectivity index (χ1) is 7.71. The summed E-state index contributed by atoms with van der Waals surface area (Å²) in [6.45, 7) is 4.53. The molecular formula is C14H22ClN. The summed E-state index contributed by atoms with van der Waals surface area (Å²) in [5, 5.41) is 4.25. The van der Waals surface area contributed by atoms with Crippen LogP contribution in [0, 0.1) is 5.92 Å². The number of nitrogens with one attached hydrogen (secondary N) is 1. The Bertz CT molecular complexity index is 290. The summed E-state index contributed by atoms with van der Waals surface area (Å²) in [6.07, 6.45) is 3.55. The van der Waals surface area contributed by atoms with Crippen molar-refractivity contribution < 1.29 is 0 Å². The molecule has 0 heterocycles. The highest BCUT2D eigenvalue weighted by atomic mass is 35.5. The van der Waals surface area contributed by atoms with Crippen LogP contribution in [0.15, 0.2) is 24.3 Å². The van der Waals surface area contributed by atoms with Crippen LogP contribution in [0.4, 0.5) is 0 Å². The van der Waals surface area contributed by atoms with Gasteiger partial charge >= 0.3 is 0 Å². The van der Waals surface area contributed by atoms with E-state index in [2.05, 4.69) is 38.3 Å². The molecule has 1 unspecified atom stereocenters. The molecule has 0 fully saturated rings. The van der Waals surface area contributed by atoms with Crippen LogP contribution in [0.25, 0.3) is 0 Å². The molecule has 16 heavy (non-hydrogen) atoms. The van der Waals surface area contributed by atoms with Gasteiger partial charge in [0.25, 0.3) is 0 Å². The van der Waals surface area contributed by atoms with E-state index in [0.717, 1.165) is 17.4 Å². The van der Waals surface area contributed by atoms with Gasteiger partial charge in [-0.1, -0.05) is 50.4 Å². The molecular weight excluding hydrogens is 218 g/mol. The highest BCUT2D eigenvalue weighted by Crippen LogP contribution is 2.18. The zero-order valence-electron chi connectivity index (χ0n) is 10.5. The summed E-state index contributed by atoms with van der Waals surface area (Å²) in [4.78, 5) is 0. The third-order valence-electron chi connectivity index (χ3n) is 3.36. The van der Waals surface area contributed by atoms with Crippen LogP contribution in [0.3, 0.4) is 0 Å². The zero-order valence-corrected chi connectivity index (χ0v) is 11.2. The van der Waals surface area contributed by atoms with E-state index in [9.17, 15) is 0 Å². The molecule has 0 saturated heterocycles. The van der Waals surface area contributed by atoms with Crippen molar-refractivity contribution in [3.8, 4) is 0 Å². The number of benzene rings is 1. The van der Waals surface area contributed by atoms with Gasteiger partial charge in [-0.25, -0.2) is 0 Å². The van der Waals surface area contributed by atoms with Crippen LogP contribution in [-0.4, -0.2) is 13.1 Å². The minimum Gasteiger partial charge on any atom is -0.316 e. The second kappa shape index (κ2) is 6.93. The van der Waals surface area contributed by atoms with E-state index in [0.29, 0.717) is 6.04 Å². The standard InChI is InChI=1S/C14H22ClN/c1-4-12(5-2)14(16-3)10-11-6-8-13(15)9-7-11/h6-9,12,14,16H,4-5,10H2,1-3H3. The summed E-state index contributed by atoms with van der Waals surface area (Å²) in [7, 11) is 2.05. The molecule has 1 rings (SSSR count). The molecule has 1 nitrogen and oxygen atoms in total. The number of rotatable bonds is 6. The molecule has 0 saturated carbocycles. The molecule has 1 N–H and O–H groups in total. The second-order valence-corrected chi connectivity index (χ2v) is 4.74. The second-order valence-electron chi connectivity index (χ2n) is 4.30. The fourth-order valence-corrected chi connectivity index (χ4v) is 2.36. The molecule has 0 bridgehead atoms. The smallest absolute Gasteiger partial charge is 0.0406 e. The van der Waals surface area contributed by atoms with Crippen LogP contribution in [0.5, 0.6) is 0 Å². The predicted octanol–water partition coefficient (Wildman–Crippen LogP) is 3.91. The van der Waals surface area contributed by atoms with Gasteiger partial charge in [-0.3, -0.25) is 0 Å². The zero-order chi connectivity index (χ0) is 12.0. The molecule has 0 aromatic heterocycles. The molecule has 2 heteroatoms. The van der Waals surface area contributed by atoms with Crippen LogP contribution in [-0.2, 0) is 6.42 Å². The molecule has 90 valence electrons. The summed E-state index contributed by atoms with van der Waals surface area (Å²) in [6, 6.07) is 8.74. The Balaban J connectivity index is 2.65. The van der Waals surface area contributed by atoms with Crippen molar-refractivity contribution in [2.75, 3.05) is 7.05 Å². The van der Waals surface area contributed by atoms with E-state index < -0.39 is 0 Å².